The Balaban J connectivity index is 1.53. The lowest BCUT2D eigenvalue weighted by Gasteiger charge is -2.37. The van der Waals surface area contributed by atoms with Gasteiger partial charge >= 0.3 is 0 Å². The Labute approximate surface area is 137 Å². The summed E-state index contributed by atoms with van der Waals surface area (Å²) in [7, 11) is 0. The first-order valence-corrected chi connectivity index (χ1v) is 9.43. The third-order valence-corrected chi connectivity index (χ3v) is 6.41. The van der Waals surface area contributed by atoms with Crippen molar-refractivity contribution in [2.75, 3.05) is 19.6 Å². The number of carbonyl (C=O) groups is 1. The van der Waals surface area contributed by atoms with Crippen molar-refractivity contribution in [3.05, 3.63) is 16.1 Å². The lowest BCUT2D eigenvalue weighted by Crippen LogP contribution is -2.48. The third kappa shape index (κ3) is 3.06. The van der Waals surface area contributed by atoms with E-state index < -0.39 is 0 Å². The fourth-order valence-electron chi connectivity index (χ4n) is 3.87. The quantitative estimate of drug-likeness (QED) is 0.877. The first-order chi connectivity index (χ1) is 10.6. The molecule has 2 atom stereocenters. The van der Waals surface area contributed by atoms with E-state index in [9.17, 15) is 4.79 Å². The summed E-state index contributed by atoms with van der Waals surface area (Å²) in [6.45, 7) is 6.91. The molecule has 0 aromatic carbocycles. The van der Waals surface area contributed by atoms with Gasteiger partial charge in [-0.05, 0) is 25.3 Å². The second-order valence-electron chi connectivity index (χ2n) is 7.07. The van der Waals surface area contributed by atoms with Crippen molar-refractivity contribution < 1.29 is 4.79 Å². The summed E-state index contributed by atoms with van der Waals surface area (Å²) < 4.78 is 0. The zero-order chi connectivity index (χ0) is 15.6. The maximum absolute atomic E-state index is 12.7. The Bertz CT molecular complexity index is 528. The second kappa shape index (κ2) is 6.67. The molecule has 2 N–H and O–H groups in total. The number of nitrogens with one attached hydrogen (secondary N) is 2. The van der Waals surface area contributed by atoms with Gasteiger partial charge < -0.3 is 10.6 Å². The van der Waals surface area contributed by atoms with E-state index in [1.54, 1.807) is 11.3 Å². The van der Waals surface area contributed by atoms with Gasteiger partial charge in [-0.1, -0.05) is 26.7 Å². The van der Waals surface area contributed by atoms with E-state index in [0.717, 1.165) is 31.6 Å². The van der Waals surface area contributed by atoms with Crippen molar-refractivity contribution >= 4 is 17.2 Å². The maximum Gasteiger partial charge on any atom is 0.227 e. The van der Waals surface area contributed by atoms with Crippen LogP contribution in [-0.2, 0) is 11.2 Å². The first kappa shape index (κ1) is 15.9. The van der Waals surface area contributed by atoms with Gasteiger partial charge in [0.05, 0.1) is 16.1 Å². The Morgan fingerprint density at radius 2 is 2.41 bits per heavy atom. The summed E-state index contributed by atoms with van der Waals surface area (Å²) in [5.74, 6) is 1.29. The number of fused-ring (bicyclic) bond motifs is 1. The van der Waals surface area contributed by atoms with Crippen molar-refractivity contribution in [2.45, 2.75) is 51.9 Å². The number of amides is 1. The first-order valence-electron chi connectivity index (χ1n) is 8.55. The summed E-state index contributed by atoms with van der Waals surface area (Å²) in [6.07, 6.45) is 5.55. The van der Waals surface area contributed by atoms with Gasteiger partial charge in [-0.15, -0.1) is 11.3 Å². The van der Waals surface area contributed by atoms with E-state index in [-0.39, 0.29) is 11.3 Å². The van der Waals surface area contributed by atoms with Crippen molar-refractivity contribution in [3.63, 3.8) is 0 Å². The van der Waals surface area contributed by atoms with E-state index in [1.165, 1.54) is 24.3 Å². The standard InChI is InChI=1S/C17H27N3OS/c1-12(2)15-20-14(10-22-15)6-8-19-16(21)17-7-4-3-5-13(17)9-18-11-17/h10,12-13,18H,3-9,11H2,1-2H3,(H,19,21)/t13-,17+/m0/s1. The van der Waals surface area contributed by atoms with E-state index in [4.69, 9.17) is 0 Å². The highest BCUT2D eigenvalue weighted by Gasteiger charge is 2.49. The number of rotatable bonds is 5. The molecular formula is C17H27N3OS. The Hall–Kier alpha value is -0.940. The molecule has 1 saturated heterocycles. The molecule has 22 heavy (non-hydrogen) atoms. The van der Waals surface area contributed by atoms with Gasteiger partial charge in [-0.25, -0.2) is 4.98 Å². The molecule has 0 unspecified atom stereocenters. The van der Waals surface area contributed by atoms with Crippen LogP contribution in [0.3, 0.4) is 0 Å². The molecular weight excluding hydrogens is 294 g/mol. The van der Waals surface area contributed by atoms with Crippen molar-refractivity contribution in [3.8, 4) is 0 Å². The topological polar surface area (TPSA) is 54.0 Å². The van der Waals surface area contributed by atoms with Crippen LogP contribution in [0.25, 0.3) is 0 Å². The maximum atomic E-state index is 12.7. The Morgan fingerprint density at radius 1 is 1.55 bits per heavy atom. The van der Waals surface area contributed by atoms with Crippen molar-refractivity contribution in [1.29, 1.82) is 0 Å². The third-order valence-electron chi connectivity index (χ3n) is 5.22. The summed E-state index contributed by atoms with van der Waals surface area (Å²) in [4.78, 5) is 17.4. The lowest BCUT2D eigenvalue weighted by molar-refractivity contribution is -0.133. The minimum Gasteiger partial charge on any atom is -0.355 e. The highest BCUT2D eigenvalue weighted by molar-refractivity contribution is 7.09. The lowest BCUT2D eigenvalue weighted by atomic mass is 9.67. The van der Waals surface area contributed by atoms with Crippen LogP contribution in [0.2, 0.25) is 0 Å². The van der Waals surface area contributed by atoms with Crippen molar-refractivity contribution in [1.82, 2.24) is 15.6 Å². The van der Waals surface area contributed by atoms with Crippen LogP contribution in [0.5, 0.6) is 0 Å². The minimum atomic E-state index is -0.135. The largest absolute Gasteiger partial charge is 0.355 e. The average Bonchev–Trinajstić information content (AvgIpc) is 3.14. The zero-order valence-corrected chi connectivity index (χ0v) is 14.5. The van der Waals surface area contributed by atoms with E-state index in [1.807, 2.05) is 0 Å². The SMILES string of the molecule is CC(C)c1nc(CCNC(=O)[C@@]23CCCC[C@H]2CNC3)cs1. The number of carbonyl (C=O) groups excluding carboxylic acids is 1. The fraction of sp³-hybridized carbons (Fsp3) is 0.765. The Kier molecular flexibility index (Phi) is 4.83. The molecule has 1 amide bonds. The van der Waals surface area contributed by atoms with Gasteiger partial charge in [-0.3, -0.25) is 4.79 Å². The molecule has 0 spiro atoms. The molecule has 4 nitrogen and oxygen atoms in total. The van der Waals surface area contributed by atoms with Crippen LogP contribution in [-0.4, -0.2) is 30.5 Å². The molecule has 0 radical (unpaired) electrons. The summed E-state index contributed by atoms with van der Waals surface area (Å²) in [5, 5.41) is 9.94. The van der Waals surface area contributed by atoms with E-state index in [0.29, 0.717) is 18.4 Å². The summed E-state index contributed by atoms with van der Waals surface area (Å²) >= 11 is 1.72. The molecule has 3 rings (SSSR count). The Morgan fingerprint density at radius 3 is 3.18 bits per heavy atom. The molecule has 1 aliphatic carbocycles. The van der Waals surface area contributed by atoms with Crippen molar-refractivity contribution in [2.24, 2.45) is 11.3 Å². The predicted molar refractivity (Wildman–Crippen MR) is 90.2 cm³/mol. The number of hydrogen-bond donors (Lipinski definition) is 2. The second-order valence-corrected chi connectivity index (χ2v) is 7.96. The highest BCUT2D eigenvalue weighted by Crippen LogP contribution is 2.43. The molecule has 1 aromatic rings. The van der Waals surface area contributed by atoms with E-state index in [2.05, 4.69) is 34.8 Å². The van der Waals surface area contributed by atoms with Gasteiger partial charge in [-0.2, -0.15) is 0 Å². The van der Waals surface area contributed by atoms with Gasteiger partial charge in [0, 0.05) is 30.8 Å². The van der Waals surface area contributed by atoms with Crippen LogP contribution in [0, 0.1) is 11.3 Å². The number of aromatic nitrogens is 1. The fourth-order valence-corrected chi connectivity index (χ4v) is 4.74. The van der Waals surface area contributed by atoms with Gasteiger partial charge in [0.15, 0.2) is 0 Å². The molecule has 0 bridgehead atoms. The molecule has 122 valence electrons. The number of thiazole rings is 1. The molecule has 1 saturated carbocycles. The molecule has 2 fully saturated rings. The monoisotopic (exact) mass is 321 g/mol. The van der Waals surface area contributed by atoms with Crippen LogP contribution >= 0.6 is 11.3 Å². The molecule has 1 aliphatic heterocycles. The van der Waals surface area contributed by atoms with Crippen LogP contribution in [0.4, 0.5) is 0 Å². The smallest absolute Gasteiger partial charge is 0.227 e. The summed E-state index contributed by atoms with van der Waals surface area (Å²) in [6, 6.07) is 0. The number of hydrogen-bond acceptors (Lipinski definition) is 4. The molecule has 2 aliphatic rings. The predicted octanol–water partition coefficient (Wildman–Crippen LogP) is 2.71. The minimum absolute atomic E-state index is 0.135. The molecule has 2 heterocycles. The van der Waals surface area contributed by atoms with Crippen LogP contribution < -0.4 is 10.6 Å². The normalized spacial score (nSPS) is 27.9. The van der Waals surface area contributed by atoms with Gasteiger partial charge in [0.2, 0.25) is 5.91 Å². The zero-order valence-electron chi connectivity index (χ0n) is 13.7. The highest BCUT2D eigenvalue weighted by atomic mass is 32.1. The summed E-state index contributed by atoms with van der Waals surface area (Å²) in [5.41, 5.74) is 0.972. The molecule has 5 heteroatoms. The van der Waals surface area contributed by atoms with Crippen LogP contribution in [0.1, 0.15) is 56.2 Å². The van der Waals surface area contributed by atoms with Crippen LogP contribution in [0.15, 0.2) is 5.38 Å². The average molecular weight is 321 g/mol. The van der Waals surface area contributed by atoms with Gasteiger partial charge in [0.25, 0.3) is 0 Å². The van der Waals surface area contributed by atoms with E-state index >= 15 is 0 Å². The molecule has 1 aromatic heterocycles. The van der Waals surface area contributed by atoms with Gasteiger partial charge in [0.1, 0.15) is 0 Å². The number of nitrogens with zero attached hydrogens (tertiary/aromatic N) is 1.